The van der Waals surface area contributed by atoms with E-state index in [1.807, 2.05) is 12.1 Å². The molecule has 290 valence electrons. The van der Waals surface area contributed by atoms with E-state index in [1.54, 1.807) is 42.6 Å². The number of benzene rings is 3. The molecule has 7 N–H and O–H groups in total. The van der Waals surface area contributed by atoms with Crippen LogP contribution in [-0.2, 0) is 19.9 Å². The minimum Gasteiger partial charge on any atom is -0.480 e. The molecule has 1 saturated carbocycles. The van der Waals surface area contributed by atoms with Crippen molar-refractivity contribution in [2.45, 2.75) is 37.0 Å². The number of aromatic amines is 1. The summed E-state index contributed by atoms with van der Waals surface area (Å²) in [6.45, 7) is -1.89. The lowest BCUT2D eigenvalue weighted by molar-refractivity contribution is -0.154. The second-order valence-corrected chi connectivity index (χ2v) is 12.9. The molecule has 0 unspecified atom stereocenters. The Kier molecular flexibility index (Phi) is 11.6. The van der Waals surface area contributed by atoms with Gasteiger partial charge in [0.05, 0.1) is 17.6 Å². The number of carbonyl (C=O) groups is 4. The monoisotopic (exact) mass is 792 g/mol. The van der Waals surface area contributed by atoms with Gasteiger partial charge in [0.25, 0.3) is 5.91 Å². The van der Waals surface area contributed by atoms with Crippen molar-refractivity contribution < 1.29 is 42.2 Å². The van der Waals surface area contributed by atoms with Crippen molar-refractivity contribution in [3.8, 4) is 17.3 Å². The summed E-state index contributed by atoms with van der Waals surface area (Å²) in [5.41, 5.74) is 2.37. The average Bonchev–Trinajstić information content (AvgIpc) is 3.72. The van der Waals surface area contributed by atoms with E-state index in [4.69, 9.17) is 16.3 Å². The summed E-state index contributed by atoms with van der Waals surface area (Å²) in [6, 6.07) is 17.4. The number of aromatic nitrogens is 5. The molecule has 3 aromatic carbocycles. The Morgan fingerprint density at radius 1 is 0.929 bits per heavy atom. The van der Waals surface area contributed by atoms with Crippen LogP contribution < -0.4 is 31.3 Å². The van der Waals surface area contributed by atoms with Gasteiger partial charge < -0.3 is 41.4 Å². The molecule has 56 heavy (non-hydrogen) atoms. The van der Waals surface area contributed by atoms with Crippen LogP contribution in [0.2, 0.25) is 5.02 Å². The van der Waals surface area contributed by atoms with Gasteiger partial charge in [0.2, 0.25) is 11.9 Å². The highest BCUT2D eigenvalue weighted by atomic mass is 35.5. The van der Waals surface area contributed by atoms with E-state index in [9.17, 15) is 37.5 Å². The summed E-state index contributed by atoms with van der Waals surface area (Å²) in [5, 5.41) is 23.4. The van der Waals surface area contributed by atoms with Crippen LogP contribution in [0.1, 0.15) is 35.2 Å². The van der Waals surface area contributed by atoms with Crippen LogP contribution in [0.15, 0.2) is 85.3 Å². The van der Waals surface area contributed by atoms with Gasteiger partial charge in [-0.1, -0.05) is 35.9 Å². The zero-order chi connectivity index (χ0) is 39.9. The number of amides is 3. The minimum absolute atomic E-state index is 0.0457. The fraction of sp³-hybridized carbons (Fsp3) is 0.222. The van der Waals surface area contributed by atoms with Crippen LogP contribution in [0.3, 0.4) is 0 Å². The number of hydrogen-bond donors (Lipinski definition) is 7. The molecule has 0 aliphatic heterocycles. The molecule has 1 aliphatic rings. The van der Waals surface area contributed by atoms with Crippen LogP contribution in [0.5, 0.6) is 6.01 Å². The topological polar surface area (TPSA) is 225 Å². The van der Waals surface area contributed by atoms with Crippen molar-refractivity contribution >= 4 is 58.6 Å². The minimum atomic E-state index is -4.65. The molecule has 16 nitrogen and oxygen atoms in total. The number of halogens is 4. The summed E-state index contributed by atoms with van der Waals surface area (Å²) in [7, 11) is 0. The molecule has 20 heteroatoms. The second kappa shape index (κ2) is 16.7. The fourth-order valence-electron chi connectivity index (χ4n) is 5.38. The number of carboxylic acids is 1. The zero-order valence-electron chi connectivity index (χ0n) is 29.0. The molecule has 1 aliphatic carbocycles. The van der Waals surface area contributed by atoms with Gasteiger partial charge in [0, 0.05) is 40.3 Å². The lowest BCUT2D eigenvalue weighted by Gasteiger charge is -2.19. The third-order valence-electron chi connectivity index (χ3n) is 8.32. The predicted molar refractivity (Wildman–Crippen MR) is 196 cm³/mol. The van der Waals surface area contributed by atoms with Gasteiger partial charge in [-0.3, -0.25) is 14.4 Å². The molecule has 5 aromatic rings. The first kappa shape index (κ1) is 38.9. The van der Waals surface area contributed by atoms with E-state index in [0.29, 0.717) is 40.5 Å². The van der Waals surface area contributed by atoms with Gasteiger partial charge in [-0.25, -0.2) is 9.78 Å². The Morgan fingerprint density at radius 3 is 2.32 bits per heavy atom. The normalized spacial score (nSPS) is 13.5. The quantitative estimate of drug-likeness (QED) is 0.0694. The Labute approximate surface area is 320 Å². The van der Waals surface area contributed by atoms with E-state index in [0.717, 1.165) is 5.56 Å². The lowest BCUT2D eigenvalue weighted by Crippen LogP contribution is -2.44. The van der Waals surface area contributed by atoms with Crippen LogP contribution in [-0.4, -0.2) is 79.1 Å². The van der Waals surface area contributed by atoms with Crippen molar-refractivity contribution in [3.63, 3.8) is 0 Å². The number of carboxylic acid groups (broad SMARTS) is 1. The standard InChI is InChI=1S/C36H32ClF3N10O6/c37-23-8-6-22(7-9-23)35(13-14-35)50-33-47-32(48-34(49-33)56-18-36(38,39)40)45-24-10-4-20(5-11-24)28(51)46-26(31(54)55)12-15-42-29(52)30(53)44-25-3-1-2-21(16-25)27-17-41-19-43-27/h1-11,16-17,19,26H,12-15,18H2,(H,41,43)(H,42,52)(H,44,53)(H,46,51)(H,54,55)(H2,45,47,48,49,50)/t26-/m0/s1. The van der Waals surface area contributed by atoms with Crippen molar-refractivity contribution in [2.24, 2.45) is 0 Å². The summed E-state index contributed by atoms with van der Waals surface area (Å²) in [5.74, 6) is -4.33. The van der Waals surface area contributed by atoms with E-state index in [-0.39, 0.29) is 30.4 Å². The van der Waals surface area contributed by atoms with Gasteiger partial charge in [-0.15, -0.1) is 0 Å². The third-order valence-corrected chi connectivity index (χ3v) is 8.58. The summed E-state index contributed by atoms with van der Waals surface area (Å²) < 4.78 is 43.7. The Bertz CT molecular complexity index is 2200. The molecule has 0 bridgehead atoms. The largest absolute Gasteiger partial charge is 0.480 e. The van der Waals surface area contributed by atoms with E-state index in [1.165, 1.54) is 30.6 Å². The highest BCUT2D eigenvalue weighted by Gasteiger charge is 2.45. The van der Waals surface area contributed by atoms with Gasteiger partial charge in [0.15, 0.2) is 6.61 Å². The van der Waals surface area contributed by atoms with Gasteiger partial charge >= 0.3 is 30.0 Å². The molecule has 1 atom stereocenters. The number of carbonyl (C=O) groups excluding carboxylic acids is 3. The van der Waals surface area contributed by atoms with Gasteiger partial charge in [0.1, 0.15) is 6.04 Å². The number of ether oxygens (including phenoxy) is 1. The Morgan fingerprint density at radius 2 is 1.66 bits per heavy atom. The van der Waals surface area contributed by atoms with E-state index >= 15 is 0 Å². The molecule has 2 heterocycles. The number of anilines is 4. The molecule has 0 saturated heterocycles. The molecule has 3 amide bonds. The first-order valence-electron chi connectivity index (χ1n) is 16.8. The lowest BCUT2D eigenvalue weighted by atomic mass is 10.1. The van der Waals surface area contributed by atoms with Crippen LogP contribution in [0, 0.1) is 0 Å². The highest BCUT2D eigenvalue weighted by Crippen LogP contribution is 2.48. The number of nitrogens with one attached hydrogen (secondary N) is 6. The first-order valence-corrected chi connectivity index (χ1v) is 17.2. The maximum Gasteiger partial charge on any atom is 0.422 e. The molecular weight excluding hydrogens is 761 g/mol. The molecular formula is C36H32ClF3N10O6. The maximum atomic E-state index is 13.0. The summed E-state index contributed by atoms with van der Waals surface area (Å²) in [6.07, 6.45) is -0.335. The summed E-state index contributed by atoms with van der Waals surface area (Å²) in [4.78, 5) is 69.0. The SMILES string of the molecule is O=C(NCC[C@H](NC(=O)c1ccc(Nc2nc(NC3(c4ccc(Cl)cc4)CC3)nc(OCC(F)(F)F)n2)cc1)C(=O)O)C(=O)Nc1cccc(-c2c[nH]cn2)c1. The average molecular weight is 793 g/mol. The number of rotatable bonds is 15. The first-order chi connectivity index (χ1) is 26.7. The Hall–Kier alpha value is -6.76. The number of hydrogen-bond acceptors (Lipinski definition) is 11. The van der Waals surface area contributed by atoms with Crippen LogP contribution in [0.4, 0.5) is 36.4 Å². The van der Waals surface area contributed by atoms with E-state index < -0.39 is 54.1 Å². The van der Waals surface area contributed by atoms with Gasteiger partial charge in [-0.05, 0) is 73.4 Å². The van der Waals surface area contributed by atoms with Crippen molar-refractivity contribution in [1.29, 1.82) is 0 Å². The number of alkyl halides is 3. The maximum absolute atomic E-state index is 13.0. The second-order valence-electron chi connectivity index (χ2n) is 12.5. The summed E-state index contributed by atoms with van der Waals surface area (Å²) >= 11 is 6.02. The smallest absolute Gasteiger partial charge is 0.422 e. The van der Waals surface area contributed by atoms with Crippen LogP contribution >= 0.6 is 11.6 Å². The number of aliphatic carboxylic acids is 1. The van der Waals surface area contributed by atoms with Crippen molar-refractivity contribution in [2.75, 3.05) is 29.1 Å². The molecule has 0 spiro atoms. The highest BCUT2D eigenvalue weighted by molar-refractivity contribution is 6.39. The van der Waals surface area contributed by atoms with E-state index in [2.05, 4.69) is 51.5 Å². The molecule has 1 fully saturated rings. The molecule has 0 radical (unpaired) electrons. The molecule has 2 aromatic heterocycles. The van der Waals surface area contributed by atoms with Crippen molar-refractivity contribution in [3.05, 3.63) is 101 Å². The fourth-order valence-corrected chi connectivity index (χ4v) is 5.50. The number of H-pyrrole nitrogens is 1. The number of nitrogens with zero attached hydrogens (tertiary/aromatic N) is 4. The van der Waals surface area contributed by atoms with Crippen molar-refractivity contribution in [1.82, 2.24) is 35.6 Å². The predicted octanol–water partition coefficient (Wildman–Crippen LogP) is 5.03. The van der Waals surface area contributed by atoms with Gasteiger partial charge in [-0.2, -0.15) is 28.1 Å². The third kappa shape index (κ3) is 10.5. The Balaban J connectivity index is 1.04. The van der Waals surface area contributed by atoms with Crippen LogP contribution in [0.25, 0.3) is 11.3 Å². The zero-order valence-corrected chi connectivity index (χ0v) is 29.7. The number of imidazole rings is 1. The molecule has 6 rings (SSSR count).